The van der Waals surface area contributed by atoms with Crippen LogP contribution >= 0.6 is 0 Å². The number of amides is 1. The standard InChI is InChI=1S/C12H20N2O2/c1-4-5-10(8-13)11(15)14-6-7-16-9-12(14,2)3/h5,8,13H,4,6-7,9H2,1-3H3/b10-5+,13-8?. The molecule has 0 bridgehead atoms. The molecule has 1 fully saturated rings. The molecule has 0 aliphatic carbocycles. The number of nitrogens with one attached hydrogen (secondary N) is 1. The molecule has 1 aliphatic rings. The summed E-state index contributed by atoms with van der Waals surface area (Å²) >= 11 is 0. The summed E-state index contributed by atoms with van der Waals surface area (Å²) in [5.41, 5.74) is 0.183. The summed E-state index contributed by atoms with van der Waals surface area (Å²) in [5, 5.41) is 7.27. The van der Waals surface area contributed by atoms with Gasteiger partial charge < -0.3 is 15.0 Å². The van der Waals surface area contributed by atoms with E-state index in [2.05, 4.69) is 0 Å². The van der Waals surface area contributed by atoms with E-state index in [1.54, 1.807) is 11.0 Å². The number of hydrogen-bond acceptors (Lipinski definition) is 3. The first-order valence-electron chi connectivity index (χ1n) is 5.63. The minimum absolute atomic E-state index is 0.0647. The monoisotopic (exact) mass is 224 g/mol. The Hall–Kier alpha value is -1.16. The van der Waals surface area contributed by atoms with Gasteiger partial charge in [-0.3, -0.25) is 4.79 Å². The maximum Gasteiger partial charge on any atom is 0.255 e. The molecule has 4 heteroatoms. The van der Waals surface area contributed by atoms with Crippen molar-refractivity contribution in [3.63, 3.8) is 0 Å². The molecule has 0 spiro atoms. The van der Waals surface area contributed by atoms with E-state index < -0.39 is 0 Å². The molecule has 1 rings (SSSR count). The molecule has 0 aromatic heterocycles. The fourth-order valence-corrected chi connectivity index (χ4v) is 1.82. The zero-order chi connectivity index (χ0) is 12.2. The zero-order valence-corrected chi connectivity index (χ0v) is 10.2. The van der Waals surface area contributed by atoms with Crippen LogP contribution in [0.5, 0.6) is 0 Å². The van der Waals surface area contributed by atoms with E-state index in [0.29, 0.717) is 25.3 Å². The van der Waals surface area contributed by atoms with Gasteiger partial charge >= 0.3 is 0 Å². The molecule has 90 valence electrons. The molecule has 4 nitrogen and oxygen atoms in total. The lowest BCUT2D eigenvalue weighted by molar-refractivity contribution is -0.141. The average Bonchev–Trinajstić information content (AvgIpc) is 2.24. The second kappa shape index (κ2) is 5.25. The molecule has 0 atom stereocenters. The van der Waals surface area contributed by atoms with Gasteiger partial charge in [0, 0.05) is 12.8 Å². The number of morpholine rings is 1. The number of hydrogen-bond donors (Lipinski definition) is 1. The number of carbonyl (C=O) groups excluding carboxylic acids is 1. The lowest BCUT2D eigenvalue weighted by Gasteiger charge is -2.42. The highest BCUT2D eigenvalue weighted by atomic mass is 16.5. The molecule has 1 saturated heterocycles. The first-order chi connectivity index (χ1) is 7.53. The molecule has 16 heavy (non-hydrogen) atoms. The van der Waals surface area contributed by atoms with Gasteiger partial charge in [-0.2, -0.15) is 0 Å². The van der Waals surface area contributed by atoms with Crippen LogP contribution in [0.4, 0.5) is 0 Å². The summed E-state index contributed by atoms with van der Waals surface area (Å²) in [4.78, 5) is 14.0. The van der Waals surface area contributed by atoms with Crippen LogP contribution in [0.2, 0.25) is 0 Å². The topological polar surface area (TPSA) is 53.4 Å². The predicted molar refractivity (Wildman–Crippen MR) is 63.8 cm³/mol. The minimum Gasteiger partial charge on any atom is -0.377 e. The summed E-state index contributed by atoms with van der Waals surface area (Å²) in [6.45, 7) is 7.65. The third-order valence-corrected chi connectivity index (χ3v) is 2.72. The van der Waals surface area contributed by atoms with Crippen molar-refractivity contribution in [1.29, 1.82) is 5.41 Å². The average molecular weight is 224 g/mol. The molecule has 1 heterocycles. The van der Waals surface area contributed by atoms with Crippen molar-refractivity contribution in [3.8, 4) is 0 Å². The van der Waals surface area contributed by atoms with Crippen LogP contribution in [-0.2, 0) is 9.53 Å². The summed E-state index contributed by atoms with van der Waals surface area (Å²) in [5.74, 6) is -0.0647. The molecule has 1 aliphatic heterocycles. The quantitative estimate of drug-likeness (QED) is 0.585. The Morgan fingerprint density at radius 3 is 2.75 bits per heavy atom. The van der Waals surface area contributed by atoms with Crippen molar-refractivity contribution in [1.82, 2.24) is 4.90 Å². The molecular formula is C12H20N2O2. The van der Waals surface area contributed by atoms with E-state index in [9.17, 15) is 4.79 Å². The lowest BCUT2D eigenvalue weighted by Crippen LogP contribution is -2.56. The first-order valence-corrected chi connectivity index (χ1v) is 5.63. The van der Waals surface area contributed by atoms with Crippen molar-refractivity contribution >= 4 is 12.1 Å². The number of allylic oxidation sites excluding steroid dienone is 1. The van der Waals surface area contributed by atoms with Crippen LogP contribution in [0.15, 0.2) is 11.6 Å². The second-order valence-corrected chi connectivity index (χ2v) is 4.53. The van der Waals surface area contributed by atoms with Gasteiger partial charge in [0.15, 0.2) is 0 Å². The number of ether oxygens (including phenoxy) is 1. The Labute approximate surface area is 96.8 Å². The van der Waals surface area contributed by atoms with Gasteiger partial charge in [-0.05, 0) is 20.3 Å². The van der Waals surface area contributed by atoms with E-state index >= 15 is 0 Å². The molecule has 0 aromatic carbocycles. The highest BCUT2D eigenvalue weighted by Crippen LogP contribution is 2.20. The van der Waals surface area contributed by atoms with Gasteiger partial charge in [0.25, 0.3) is 5.91 Å². The summed E-state index contributed by atoms with van der Waals surface area (Å²) in [7, 11) is 0. The van der Waals surface area contributed by atoms with Crippen molar-refractivity contribution < 1.29 is 9.53 Å². The van der Waals surface area contributed by atoms with Crippen LogP contribution in [-0.4, -0.2) is 42.3 Å². The second-order valence-electron chi connectivity index (χ2n) is 4.53. The molecule has 0 radical (unpaired) electrons. The summed E-state index contributed by atoms with van der Waals surface area (Å²) in [6.07, 6.45) is 3.69. The largest absolute Gasteiger partial charge is 0.377 e. The van der Waals surface area contributed by atoms with Crippen molar-refractivity contribution in [3.05, 3.63) is 11.6 Å². The Kier molecular flexibility index (Phi) is 4.24. The van der Waals surface area contributed by atoms with Gasteiger partial charge in [0.05, 0.1) is 24.3 Å². The van der Waals surface area contributed by atoms with E-state index in [1.165, 1.54) is 0 Å². The fraction of sp³-hybridized carbons (Fsp3) is 0.667. The van der Waals surface area contributed by atoms with Crippen molar-refractivity contribution in [2.75, 3.05) is 19.8 Å². The number of nitrogens with zero attached hydrogens (tertiary/aromatic N) is 1. The van der Waals surface area contributed by atoms with E-state index in [1.807, 2.05) is 20.8 Å². The summed E-state index contributed by atoms with van der Waals surface area (Å²) in [6, 6.07) is 0. The summed E-state index contributed by atoms with van der Waals surface area (Å²) < 4.78 is 5.37. The van der Waals surface area contributed by atoms with Crippen LogP contribution < -0.4 is 0 Å². The minimum atomic E-state index is -0.287. The van der Waals surface area contributed by atoms with E-state index in [4.69, 9.17) is 10.1 Å². The van der Waals surface area contributed by atoms with Gasteiger partial charge in [0.2, 0.25) is 0 Å². The highest BCUT2D eigenvalue weighted by Gasteiger charge is 2.34. The van der Waals surface area contributed by atoms with Crippen LogP contribution in [0.3, 0.4) is 0 Å². The maximum absolute atomic E-state index is 12.2. The predicted octanol–water partition coefficient (Wildman–Crippen LogP) is 1.61. The van der Waals surface area contributed by atoms with Crippen molar-refractivity contribution in [2.24, 2.45) is 0 Å². The molecule has 1 amide bonds. The van der Waals surface area contributed by atoms with Gasteiger partial charge in [0.1, 0.15) is 0 Å². The van der Waals surface area contributed by atoms with Gasteiger partial charge in [-0.15, -0.1) is 0 Å². The Morgan fingerprint density at radius 2 is 2.25 bits per heavy atom. The smallest absolute Gasteiger partial charge is 0.255 e. The Bertz CT molecular complexity index is 308. The van der Waals surface area contributed by atoms with E-state index in [0.717, 1.165) is 12.6 Å². The normalized spacial score (nSPS) is 20.7. The SMILES string of the molecule is CC/C=C(\C=N)C(=O)N1CCOCC1(C)C. The van der Waals surface area contributed by atoms with Crippen LogP contribution in [0.1, 0.15) is 27.2 Å². The zero-order valence-electron chi connectivity index (χ0n) is 10.2. The first kappa shape index (κ1) is 12.9. The van der Waals surface area contributed by atoms with Crippen molar-refractivity contribution in [2.45, 2.75) is 32.7 Å². The highest BCUT2D eigenvalue weighted by molar-refractivity contribution is 6.11. The third kappa shape index (κ3) is 2.70. The third-order valence-electron chi connectivity index (χ3n) is 2.72. The molecule has 1 N–H and O–H groups in total. The number of carbonyl (C=O) groups is 1. The fourth-order valence-electron chi connectivity index (χ4n) is 1.82. The van der Waals surface area contributed by atoms with Gasteiger partial charge in [-0.1, -0.05) is 13.0 Å². The molecular weight excluding hydrogens is 204 g/mol. The Balaban J connectivity index is 2.86. The van der Waals surface area contributed by atoms with Gasteiger partial charge in [-0.25, -0.2) is 0 Å². The molecule has 0 unspecified atom stereocenters. The van der Waals surface area contributed by atoms with Crippen LogP contribution in [0.25, 0.3) is 0 Å². The molecule has 0 aromatic rings. The van der Waals surface area contributed by atoms with Crippen LogP contribution in [0, 0.1) is 5.41 Å². The lowest BCUT2D eigenvalue weighted by atomic mass is 10.0. The maximum atomic E-state index is 12.2. The van der Waals surface area contributed by atoms with E-state index in [-0.39, 0.29) is 11.4 Å². The Morgan fingerprint density at radius 1 is 1.56 bits per heavy atom. The molecule has 0 saturated carbocycles. The number of rotatable bonds is 3.